The van der Waals surface area contributed by atoms with Gasteiger partial charge in [0.1, 0.15) is 17.5 Å². The highest BCUT2D eigenvalue weighted by Gasteiger charge is 2.22. The third-order valence-electron chi connectivity index (χ3n) is 10.4. The number of benzene rings is 6. The second-order valence-electron chi connectivity index (χ2n) is 14.1. The molecule has 3 aromatic heterocycles. The van der Waals surface area contributed by atoms with E-state index in [1.54, 1.807) is 0 Å². The molecule has 3 heterocycles. The summed E-state index contributed by atoms with van der Waals surface area (Å²) in [6.07, 6.45) is 4.34. The first-order valence-electron chi connectivity index (χ1n) is 18.6. The molecule has 266 valence electrons. The number of para-hydroxylation sites is 9. The van der Waals surface area contributed by atoms with Crippen molar-refractivity contribution < 1.29 is 0 Å². The molecule has 0 bridgehead atoms. The van der Waals surface area contributed by atoms with E-state index < -0.39 is 0 Å². The lowest BCUT2D eigenvalue weighted by Crippen LogP contribution is -2.05. The Morgan fingerprint density at radius 1 is 0.436 bits per heavy atom. The SMILES string of the molecule is C=C(/C=C(\C=C(/C)c1nc2ccccc2n1-c1ccccc1C)c1nc2ccccc2n1-c1ccccc1C)c1nc2ccccc2n1-c1ccccc1C. The molecule has 0 saturated heterocycles. The van der Waals surface area contributed by atoms with E-state index in [2.05, 4.69) is 181 Å². The van der Waals surface area contributed by atoms with Crippen LogP contribution in [0.25, 0.3) is 66.9 Å². The Labute approximate surface area is 320 Å². The molecule has 0 atom stereocenters. The molecule has 9 rings (SSSR count). The van der Waals surface area contributed by atoms with Gasteiger partial charge < -0.3 is 0 Å². The molecule has 0 aliphatic rings. The maximum Gasteiger partial charge on any atom is 0.145 e. The van der Waals surface area contributed by atoms with Crippen LogP contribution < -0.4 is 0 Å². The van der Waals surface area contributed by atoms with Crippen LogP contribution in [0.3, 0.4) is 0 Å². The largest absolute Gasteiger partial charge is 0.292 e. The number of fused-ring (bicyclic) bond motifs is 3. The van der Waals surface area contributed by atoms with Gasteiger partial charge in [-0.05, 0) is 117 Å². The first kappa shape index (κ1) is 33.8. The van der Waals surface area contributed by atoms with Gasteiger partial charge in [-0.3, -0.25) is 13.7 Å². The van der Waals surface area contributed by atoms with Crippen molar-refractivity contribution in [2.24, 2.45) is 0 Å². The fourth-order valence-electron chi connectivity index (χ4n) is 7.65. The summed E-state index contributed by atoms with van der Waals surface area (Å²) in [4.78, 5) is 15.8. The molecule has 0 spiro atoms. The van der Waals surface area contributed by atoms with Crippen molar-refractivity contribution in [1.82, 2.24) is 28.7 Å². The average Bonchev–Trinajstić information content (AvgIpc) is 3.90. The predicted octanol–water partition coefficient (Wildman–Crippen LogP) is 11.8. The van der Waals surface area contributed by atoms with E-state index in [1.807, 2.05) is 18.2 Å². The smallest absolute Gasteiger partial charge is 0.145 e. The molecule has 6 nitrogen and oxygen atoms in total. The lowest BCUT2D eigenvalue weighted by molar-refractivity contribution is 1.03. The minimum absolute atomic E-state index is 0.759. The molecule has 0 saturated carbocycles. The number of allylic oxidation sites excluding steroid dienone is 5. The summed E-state index contributed by atoms with van der Waals surface area (Å²) < 4.78 is 6.76. The van der Waals surface area contributed by atoms with Gasteiger partial charge in [0, 0.05) is 11.1 Å². The summed E-state index contributed by atoms with van der Waals surface area (Å²) in [5, 5.41) is 0. The van der Waals surface area contributed by atoms with Crippen molar-refractivity contribution in [3.63, 3.8) is 0 Å². The zero-order valence-corrected chi connectivity index (χ0v) is 31.4. The molecule has 0 fully saturated rings. The topological polar surface area (TPSA) is 53.5 Å². The molecule has 9 aromatic rings. The van der Waals surface area contributed by atoms with Gasteiger partial charge in [-0.15, -0.1) is 0 Å². The highest BCUT2D eigenvalue weighted by Crippen LogP contribution is 2.35. The van der Waals surface area contributed by atoms with E-state index >= 15 is 0 Å². The summed E-state index contributed by atoms with van der Waals surface area (Å²) in [5.41, 5.74) is 15.1. The summed E-state index contributed by atoms with van der Waals surface area (Å²) in [6.45, 7) is 13.3. The number of imidazole rings is 3. The Kier molecular flexibility index (Phi) is 8.43. The van der Waals surface area contributed by atoms with E-state index in [9.17, 15) is 0 Å². The van der Waals surface area contributed by atoms with Crippen LogP contribution in [-0.2, 0) is 0 Å². The molecular formula is C49H40N6. The standard InChI is InChI=1S/C49H40N6/c1-32-18-6-12-24-41(32)53-44-27-15-9-21-38(44)50-47(53)35(4)30-37(49-52-40-23-11-17-29-46(40)55(49)43-26-14-8-20-34(43)3)31-36(5)48-51-39-22-10-16-28-45(39)54(48)42-25-13-7-19-33(42)2/h6-31H,4H2,1-3,5H3/b36-31+,37-30+. The van der Waals surface area contributed by atoms with Crippen molar-refractivity contribution in [3.8, 4) is 17.1 Å². The number of hydrogen-bond donors (Lipinski definition) is 0. The summed E-state index contributed by atoms with van der Waals surface area (Å²) in [7, 11) is 0. The first-order valence-corrected chi connectivity index (χ1v) is 18.6. The minimum atomic E-state index is 0.759. The van der Waals surface area contributed by atoms with Crippen molar-refractivity contribution in [2.45, 2.75) is 27.7 Å². The van der Waals surface area contributed by atoms with Crippen LogP contribution in [0.5, 0.6) is 0 Å². The van der Waals surface area contributed by atoms with Gasteiger partial charge in [0.2, 0.25) is 0 Å². The van der Waals surface area contributed by atoms with Gasteiger partial charge in [-0.1, -0.05) is 97.6 Å². The van der Waals surface area contributed by atoms with Crippen LogP contribution >= 0.6 is 0 Å². The van der Waals surface area contributed by atoms with E-state index in [4.69, 9.17) is 21.5 Å². The van der Waals surface area contributed by atoms with Crippen molar-refractivity contribution >= 4 is 49.8 Å². The maximum atomic E-state index is 5.35. The Morgan fingerprint density at radius 2 is 0.782 bits per heavy atom. The lowest BCUT2D eigenvalue weighted by Gasteiger charge is -2.16. The molecule has 0 N–H and O–H groups in total. The molecular weight excluding hydrogens is 673 g/mol. The molecule has 0 amide bonds. The Balaban J connectivity index is 1.32. The highest BCUT2D eigenvalue weighted by atomic mass is 15.1. The fraction of sp³-hybridized carbons (Fsp3) is 0.0816. The second-order valence-corrected chi connectivity index (χ2v) is 14.1. The van der Waals surface area contributed by atoms with Crippen LogP contribution in [0.1, 0.15) is 41.1 Å². The fourth-order valence-corrected chi connectivity index (χ4v) is 7.65. The molecule has 0 aliphatic carbocycles. The Bertz CT molecular complexity index is 3000. The average molecular weight is 713 g/mol. The van der Waals surface area contributed by atoms with Gasteiger partial charge >= 0.3 is 0 Å². The van der Waals surface area contributed by atoms with Crippen molar-refractivity contribution in [2.75, 3.05) is 0 Å². The third-order valence-corrected chi connectivity index (χ3v) is 10.4. The number of aromatic nitrogens is 6. The van der Waals surface area contributed by atoms with Gasteiger partial charge in [0.15, 0.2) is 0 Å². The van der Waals surface area contributed by atoms with Gasteiger partial charge in [0.25, 0.3) is 0 Å². The number of aryl methyl sites for hydroxylation is 3. The summed E-state index contributed by atoms with van der Waals surface area (Å²) >= 11 is 0. The Hall–Kier alpha value is -7.05. The zero-order chi connectivity index (χ0) is 37.6. The third kappa shape index (κ3) is 5.89. The molecule has 0 aliphatic heterocycles. The highest BCUT2D eigenvalue weighted by molar-refractivity contribution is 5.94. The van der Waals surface area contributed by atoms with Gasteiger partial charge in [-0.2, -0.15) is 0 Å². The molecule has 0 radical (unpaired) electrons. The maximum absolute atomic E-state index is 5.35. The van der Waals surface area contributed by atoms with E-state index in [1.165, 1.54) is 5.56 Å². The van der Waals surface area contributed by atoms with Gasteiger partial charge in [-0.25, -0.2) is 15.0 Å². The van der Waals surface area contributed by atoms with E-state index in [0.717, 1.165) is 95.5 Å². The van der Waals surface area contributed by atoms with Crippen LogP contribution in [0, 0.1) is 20.8 Å². The van der Waals surface area contributed by atoms with E-state index in [0.29, 0.717) is 0 Å². The van der Waals surface area contributed by atoms with Crippen LogP contribution in [0.2, 0.25) is 0 Å². The molecule has 6 heteroatoms. The Morgan fingerprint density at radius 3 is 1.24 bits per heavy atom. The first-order chi connectivity index (χ1) is 26.9. The summed E-state index contributed by atoms with van der Waals surface area (Å²) in [5.74, 6) is 2.43. The quantitative estimate of drug-likeness (QED) is 0.147. The second kappa shape index (κ2) is 13.7. The number of nitrogens with zero attached hydrogens (tertiary/aromatic N) is 6. The lowest BCUT2D eigenvalue weighted by atomic mass is 10.1. The molecule has 0 unspecified atom stereocenters. The molecule has 55 heavy (non-hydrogen) atoms. The van der Waals surface area contributed by atoms with Crippen LogP contribution in [0.15, 0.2) is 164 Å². The zero-order valence-electron chi connectivity index (χ0n) is 31.4. The van der Waals surface area contributed by atoms with E-state index in [-0.39, 0.29) is 0 Å². The number of rotatable bonds is 8. The molecule has 6 aromatic carbocycles. The van der Waals surface area contributed by atoms with Crippen LogP contribution in [-0.4, -0.2) is 28.7 Å². The number of hydrogen-bond acceptors (Lipinski definition) is 3. The predicted molar refractivity (Wildman–Crippen MR) is 228 cm³/mol. The minimum Gasteiger partial charge on any atom is -0.292 e. The van der Waals surface area contributed by atoms with Gasteiger partial charge in [0.05, 0.1) is 50.2 Å². The van der Waals surface area contributed by atoms with Crippen molar-refractivity contribution in [3.05, 3.63) is 198 Å². The monoisotopic (exact) mass is 712 g/mol. The van der Waals surface area contributed by atoms with Crippen molar-refractivity contribution in [1.29, 1.82) is 0 Å². The normalized spacial score (nSPS) is 12.3. The summed E-state index contributed by atoms with van der Waals surface area (Å²) in [6, 6.07) is 50.3. The van der Waals surface area contributed by atoms with Crippen LogP contribution in [0.4, 0.5) is 0 Å².